The molecule has 1 aromatic carbocycles. The average Bonchev–Trinajstić information content (AvgIpc) is 3.09. The van der Waals surface area contributed by atoms with Crippen molar-refractivity contribution >= 4 is 5.91 Å². The Balaban J connectivity index is 1.36. The summed E-state index contributed by atoms with van der Waals surface area (Å²) in [4.78, 5) is 34.2. The standard InChI is InChI=1S/C22H28N4O2/c1-14-20(22(28)24-15(2)23-14)12-21(27)25-18-8-5-9-26(13-18)19-10-16-6-3-4-7-17(16)11-19/h3-4,6-7,18-19H,5,8-13H2,1-2H3,(H,25,27)(H,23,24,28). The molecule has 1 aromatic heterocycles. The predicted molar refractivity (Wildman–Crippen MR) is 108 cm³/mol. The van der Waals surface area contributed by atoms with Crippen molar-refractivity contribution in [3.8, 4) is 0 Å². The predicted octanol–water partition coefficient (Wildman–Crippen LogP) is 1.68. The van der Waals surface area contributed by atoms with Gasteiger partial charge < -0.3 is 10.3 Å². The first kappa shape index (κ1) is 18.9. The normalized spacial score (nSPS) is 20.1. The lowest BCUT2D eigenvalue weighted by atomic mass is 10.0. The second-order valence-corrected chi connectivity index (χ2v) is 8.12. The van der Waals surface area contributed by atoms with Crippen molar-refractivity contribution < 1.29 is 4.79 Å². The fourth-order valence-corrected chi connectivity index (χ4v) is 4.65. The molecule has 0 radical (unpaired) electrons. The van der Waals surface area contributed by atoms with Gasteiger partial charge in [-0.2, -0.15) is 0 Å². The Kier molecular flexibility index (Phi) is 5.31. The first-order valence-electron chi connectivity index (χ1n) is 10.2. The van der Waals surface area contributed by atoms with Crippen LogP contribution in [0.2, 0.25) is 0 Å². The van der Waals surface area contributed by atoms with E-state index in [9.17, 15) is 9.59 Å². The van der Waals surface area contributed by atoms with Crippen LogP contribution < -0.4 is 10.9 Å². The van der Waals surface area contributed by atoms with Crippen LogP contribution in [-0.2, 0) is 24.1 Å². The molecule has 0 bridgehead atoms. The van der Waals surface area contributed by atoms with Crippen LogP contribution >= 0.6 is 0 Å². The van der Waals surface area contributed by atoms with E-state index >= 15 is 0 Å². The second-order valence-electron chi connectivity index (χ2n) is 8.12. The molecule has 1 unspecified atom stereocenters. The SMILES string of the molecule is Cc1nc(C)c(CC(=O)NC2CCCN(C3Cc4ccccc4C3)C2)c(=O)[nH]1. The van der Waals surface area contributed by atoms with Crippen LogP contribution in [0.1, 0.15) is 41.1 Å². The number of aromatic nitrogens is 2. The molecule has 1 aliphatic carbocycles. The third-order valence-corrected chi connectivity index (χ3v) is 6.04. The average molecular weight is 380 g/mol. The molecule has 2 aliphatic rings. The molecule has 4 rings (SSSR count). The largest absolute Gasteiger partial charge is 0.352 e. The van der Waals surface area contributed by atoms with Gasteiger partial charge in [-0.1, -0.05) is 24.3 Å². The van der Waals surface area contributed by atoms with Crippen LogP contribution in [0.5, 0.6) is 0 Å². The van der Waals surface area contributed by atoms with Crippen molar-refractivity contribution in [3.63, 3.8) is 0 Å². The van der Waals surface area contributed by atoms with Gasteiger partial charge in [0.15, 0.2) is 0 Å². The minimum Gasteiger partial charge on any atom is -0.352 e. The number of carbonyl (C=O) groups excluding carboxylic acids is 1. The summed E-state index contributed by atoms with van der Waals surface area (Å²) in [5.74, 6) is 0.480. The second kappa shape index (κ2) is 7.87. The molecule has 148 valence electrons. The zero-order chi connectivity index (χ0) is 19.7. The quantitative estimate of drug-likeness (QED) is 0.846. The van der Waals surface area contributed by atoms with Gasteiger partial charge in [0, 0.05) is 29.9 Å². The zero-order valence-corrected chi connectivity index (χ0v) is 16.6. The molecular formula is C22H28N4O2. The monoisotopic (exact) mass is 380 g/mol. The molecular weight excluding hydrogens is 352 g/mol. The summed E-state index contributed by atoms with van der Waals surface area (Å²) in [6.45, 7) is 5.50. The van der Waals surface area contributed by atoms with E-state index in [2.05, 4.69) is 44.5 Å². The number of amides is 1. The molecule has 2 N–H and O–H groups in total. The Morgan fingerprint density at radius 1 is 1.25 bits per heavy atom. The van der Waals surface area contributed by atoms with Crippen molar-refractivity contribution in [2.24, 2.45) is 0 Å². The number of rotatable bonds is 4. The van der Waals surface area contributed by atoms with E-state index in [4.69, 9.17) is 0 Å². The van der Waals surface area contributed by atoms with Gasteiger partial charge in [-0.3, -0.25) is 14.5 Å². The molecule has 1 amide bonds. The van der Waals surface area contributed by atoms with Gasteiger partial charge in [0.25, 0.3) is 5.56 Å². The van der Waals surface area contributed by atoms with E-state index < -0.39 is 0 Å². The number of hydrogen-bond donors (Lipinski definition) is 2. The number of nitrogens with one attached hydrogen (secondary N) is 2. The fraction of sp³-hybridized carbons (Fsp3) is 0.500. The number of fused-ring (bicyclic) bond motifs is 1. The third-order valence-electron chi connectivity index (χ3n) is 6.04. The van der Waals surface area contributed by atoms with Gasteiger partial charge in [0.05, 0.1) is 6.42 Å². The Hall–Kier alpha value is -2.47. The number of benzene rings is 1. The first-order valence-corrected chi connectivity index (χ1v) is 10.2. The zero-order valence-electron chi connectivity index (χ0n) is 16.6. The highest BCUT2D eigenvalue weighted by Crippen LogP contribution is 2.27. The molecule has 6 nitrogen and oxygen atoms in total. The minimum absolute atomic E-state index is 0.0832. The van der Waals surface area contributed by atoms with Crippen molar-refractivity contribution in [1.29, 1.82) is 0 Å². The van der Waals surface area contributed by atoms with Crippen molar-refractivity contribution in [1.82, 2.24) is 20.2 Å². The number of nitrogens with zero attached hydrogens (tertiary/aromatic N) is 2. The van der Waals surface area contributed by atoms with Gasteiger partial charge in [0.2, 0.25) is 5.91 Å². The van der Waals surface area contributed by atoms with E-state index in [1.165, 1.54) is 11.1 Å². The summed E-state index contributed by atoms with van der Waals surface area (Å²) >= 11 is 0. The summed E-state index contributed by atoms with van der Waals surface area (Å²) in [6.07, 6.45) is 4.35. The van der Waals surface area contributed by atoms with E-state index in [1.54, 1.807) is 13.8 Å². The Morgan fingerprint density at radius 2 is 1.96 bits per heavy atom. The van der Waals surface area contributed by atoms with Gasteiger partial charge in [-0.05, 0) is 57.2 Å². The highest BCUT2D eigenvalue weighted by molar-refractivity contribution is 5.79. The highest BCUT2D eigenvalue weighted by atomic mass is 16.2. The topological polar surface area (TPSA) is 78.1 Å². The van der Waals surface area contributed by atoms with E-state index in [0.717, 1.165) is 38.8 Å². The molecule has 28 heavy (non-hydrogen) atoms. The highest BCUT2D eigenvalue weighted by Gasteiger charge is 2.31. The molecule has 1 aliphatic heterocycles. The van der Waals surface area contributed by atoms with Crippen LogP contribution in [-0.4, -0.2) is 45.9 Å². The maximum absolute atomic E-state index is 12.6. The lowest BCUT2D eigenvalue weighted by Gasteiger charge is -2.37. The number of carbonyl (C=O) groups is 1. The van der Waals surface area contributed by atoms with E-state index in [-0.39, 0.29) is 23.9 Å². The maximum Gasteiger partial charge on any atom is 0.254 e. The van der Waals surface area contributed by atoms with Crippen molar-refractivity contribution in [2.75, 3.05) is 13.1 Å². The van der Waals surface area contributed by atoms with Gasteiger partial charge in [-0.25, -0.2) is 4.98 Å². The smallest absolute Gasteiger partial charge is 0.254 e. The summed E-state index contributed by atoms with van der Waals surface area (Å²) in [7, 11) is 0. The molecule has 6 heteroatoms. The lowest BCUT2D eigenvalue weighted by molar-refractivity contribution is -0.121. The third kappa shape index (κ3) is 4.02. The van der Waals surface area contributed by atoms with Crippen molar-refractivity contribution in [2.45, 2.75) is 58.0 Å². The first-order chi connectivity index (χ1) is 13.5. The van der Waals surface area contributed by atoms with Crippen LogP contribution in [0.3, 0.4) is 0 Å². The summed E-state index contributed by atoms with van der Waals surface area (Å²) in [5, 5.41) is 3.15. The fourth-order valence-electron chi connectivity index (χ4n) is 4.65. The number of aromatic amines is 1. The summed E-state index contributed by atoms with van der Waals surface area (Å²) in [6, 6.07) is 9.36. The molecule has 1 fully saturated rings. The Labute approximate surface area is 165 Å². The Bertz CT molecular complexity index is 911. The molecule has 0 saturated carbocycles. The minimum atomic E-state index is -0.214. The van der Waals surface area contributed by atoms with Crippen LogP contribution in [0.4, 0.5) is 0 Å². The molecule has 2 heterocycles. The van der Waals surface area contributed by atoms with E-state index in [1.807, 2.05) is 0 Å². The number of likely N-dealkylation sites (tertiary alicyclic amines) is 1. The number of hydrogen-bond acceptors (Lipinski definition) is 4. The van der Waals surface area contributed by atoms with Gasteiger partial charge in [-0.15, -0.1) is 0 Å². The number of piperidine rings is 1. The van der Waals surface area contributed by atoms with Crippen LogP contribution in [0.15, 0.2) is 29.1 Å². The van der Waals surface area contributed by atoms with E-state index in [0.29, 0.717) is 23.1 Å². The Morgan fingerprint density at radius 3 is 2.64 bits per heavy atom. The molecule has 2 aromatic rings. The molecule has 1 atom stereocenters. The van der Waals surface area contributed by atoms with Crippen molar-refractivity contribution in [3.05, 3.63) is 62.8 Å². The molecule has 0 spiro atoms. The molecule has 1 saturated heterocycles. The summed E-state index contributed by atoms with van der Waals surface area (Å²) in [5.41, 5.74) is 3.79. The van der Waals surface area contributed by atoms with Crippen LogP contribution in [0.25, 0.3) is 0 Å². The maximum atomic E-state index is 12.6. The number of aryl methyl sites for hydroxylation is 2. The van der Waals surface area contributed by atoms with Crippen LogP contribution in [0, 0.1) is 13.8 Å². The van der Waals surface area contributed by atoms with Gasteiger partial charge in [0.1, 0.15) is 5.82 Å². The number of H-pyrrole nitrogens is 1. The lowest BCUT2D eigenvalue weighted by Crippen LogP contribution is -2.51. The van der Waals surface area contributed by atoms with Gasteiger partial charge >= 0.3 is 0 Å². The summed E-state index contributed by atoms with van der Waals surface area (Å²) < 4.78 is 0.